The van der Waals surface area contributed by atoms with Gasteiger partial charge in [0.05, 0.1) is 5.56 Å². The first kappa shape index (κ1) is 12.0. The van der Waals surface area contributed by atoms with Crippen LogP contribution in [0, 0.1) is 6.92 Å². The molecule has 6 nitrogen and oxygen atoms in total. The molecule has 0 aliphatic heterocycles. The second kappa shape index (κ2) is 4.79. The van der Waals surface area contributed by atoms with E-state index in [2.05, 4.69) is 0 Å². The van der Waals surface area contributed by atoms with Crippen LogP contribution in [0.5, 0.6) is 11.5 Å². The maximum atomic E-state index is 11.5. The van der Waals surface area contributed by atoms with Gasteiger partial charge >= 0.3 is 0 Å². The monoisotopic (exact) mass is 250 g/mol. The first-order chi connectivity index (χ1) is 8.58. The third kappa shape index (κ3) is 2.42. The van der Waals surface area contributed by atoms with Crippen molar-refractivity contribution in [1.82, 2.24) is 0 Å². The summed E-state index contributed by atoms with van der Waals surface area (Å²) < 4.78 is 14.9. The number of aromatic hydroxyl groups is 1. The van der Waals surface area contributed by atoms with Crippen molar-refractivity contribution in [1.29, 1.82) is 0 Å². The van der Waals surface area contributed by atoms with Crippen LogP contribution < -0.4 is 15.6 Å². The molecule has 0 atom stereocenters. The Kier molecular flexibility index (Phi) is 3.18. The van der Waals surface area contributed by atoms with Crippen LogP contribution in [0.4, 0.5) is 0 Å². The van der Waals surface area contributed by atoms with Gasteiger partial charge in [0.15, 0.2) is 5.75 Å². The fourth-order valence-electron chi connectivity index (χ4n) is 1.31. The minimum Gasteiger partial charge on any atom is -0.502 e. The lowest BCUT2D eigenvalue weighted by Gasteiger charge is -2.04. The van der Waals surface area contributed by atoms with Gasteiger partial charge in [0.2, 0.25) is 16.6 Å². The van der Waals surface area contributed by atoms with Gasteiger partial charge in [-0.2, -0.15) is 0 Å². The average Bonchev–Trinajstić information content (AvgIpc) is 2.33. The number of aryl methyl sites for hydroxylation is 1. The molecular weight excluding hydrogens is 240 g/mol. The van der Waals surface area contributed by atoms with Gasteiger partial charge in [-0.15, -0.1) is 0 Å². The number of ether oxygens (including phenoxy) is 1. The van der Waals surface area contributed by atoms with E-state index in [0.29, 0.717) is 5.76 Å². The first-order valence-corrected chi connectivity index (χ1v) is 5.08. The maximum Gasteiger partial charge on any atom is 0.233 e. The standard InChI is InChI=1S/C12H10O6/c1-7-2-9(13)11(6-17-7)18-4-8-3-16-5-10(14)12(8)15/h2-3,5-6,14H,4H2,1H3. The molecular formula is C12H10O6. The molecule has 18 heavy (non-hydrogen) atoms. The van der Waals surface area contributed by atoms with E-state index in [0.717, 1.165) is 12.5 Å². The second-order valence-electron chi connectivity index (χ2n) is 3.62. The van der Waals surface area contributed by atoms with Crippen LogP contribution in [0.2, 0.25) is 0 Å². The molecule has 0 unspecified atom stereocenters. The summed E-state index contributed by atoms with van der Waals surface area (Å²) in [6, 6.07) is 1.28. The van der Waals surface area contributed by atoms with E-state index < -0.39 is 11.2 Å². The van der Waals surface area contributed by atoms with Crippen LogP contribution in [-0.2, 0) is 6.61 Å². The molecule has 94 valence electrons. The Morgan fingerprint density at radius 2 is 2.06 bits per heavy atom. The molecule has 1 N–H and O–H groups in total. The molecule has 6 heteroatoms. The highest BCUT2D eigenvalue weighted by Gasteiger charge is 2.08. The van der Waals surface area contributed by atoms with Gasteiger partial charge in [-0.25, -0.2) is 0 Å². The Labute approximate surface area is 101 Å². The molecule has 0 aliphatic rings. The zero-order valence-corrected chi connectivity index (χ0v) is 9.50. The lowest BCUT2D eigenvalue weighted by atomic mass is 10.3. The van der Waals surface area contributed by atoms with Gasteiger partial charge in [-0.1, -0.05) is 0 Å². The van der Waals surface area contributed by atoms with Crippen molar-refractivity contribution in [3.05, 3.63) is 56.6 Å². The maximum absolute atomic E-state index is 11.5. The Morgan fingerprint density at radius 3 is 2.78 bits per heavy atom. The summed E-state index contributed by atoms with van der Waals surface area (Å²) in [5, 5.41) is 9.15. The Bertz CT molecular complexity index is 667. The van der Waals surface area contributed by atoms with Crippen LogP contribution in [0.25, 0.3) is 0 Å². The summed E-state index contributed by atoms with van der Waals surface area (Å²) in [6.45, 7) is 1.44. The van der Waals surface area contributed by atoms with Crippen molar-refractivity contribution in [2.24, 2.45) is 0 Å². The summed E-state index contributed by atoms with van der Waals surface area (Å²) in [7, 11) is 0. The van der Waals surface area contributed by atoms with Crippen LogP contribution in [0.3, 0.4) is 0 Å². The molecule has 0 radical (unpaired) electrons. The fourth-order valence-corrected chi connectivity index (χ4v) is 1.31. The van der Waals surface area contributed by atoms with Gasteiger partial charge < -0.3 is 18.7 Å². The third-order valence-electron chi connectivity index (χ3n) is 2.23. The van der Waals surface area contributed by atoms with Gasteiger partial charge in [-0.3, -0.25) is 9.59 Å². The molecule has 0 spiro atoms. The van der Waals surface area contributed by atoms with E-state index in [1.165, 1.54) is 12.3 Å². The van der Waals surface area contributed by atoms with E-state index in [1.807, 2.05) is 0 Å². The molecule has 0 aliphatic carbocycles. The smallest absolute Gasteiger partial charge is 0.233 e. The van der Waals surface area contributed by atoms with Crippen molar-refractivity contribution in [2.75, 3.05) is 0 Å². The SMILES string of the molecule is Cc1cc(=O)c(OCc2cocc(O)c2=O)co1. The van der Waals surface area contributed by atoms with Crippen molar-refractivity contribution < 1.29 is 18.7 Å². The van der Waals surface area contributed by atoms with Crippen LogP contribution in [-0.4, -0.2) is 5.11 Å². The molecule has 2 rings (SSSR count). The van der Waals surface area contributed by atoms with Gasteiger partial charge in [0.1, 0.15) is 31.2 Å². The highest BCUT2D eigenvalue weighted by Crippen LogP contribution is 2.08. The molecule has 0 aromatic carbocycles. The van der Waals surface area contributed by atoms with Gasteiger partial charge in [0.25, 0.3) is 0 Å². The van der Waals surface area contributed by atoms with Crippen molar-refractivity contribution >= 4 is 0 Å². The van der Waals surface area contributed by atoms with E-state index >= 15 is 0 Å². The molecule has 0 saturated carbocycles. The second-order valence-corrected chi connectivity index (χ2v) is 3.62. The predicted molar refractivity (Wildman–Crippen MR) is 60.7 cm³/mol. The van der Waals surface area contributed by atoms with Crippen LogP contribution >= 0.6 is 0 Å². The van der Waals surface area contributed by atoms with E-state index in [4.69, 9.17) is 18.7 Å². The van der Waals surface area contributed by atoms with Crippen molar-refractivity contribution in [3.63, 3.8) is 0 Å². The number of rotatable bonds is 3. The van der Waals surface area contributed by atoms with E-state index in [-0.39, 0.29) is 23.3 Å². The first-order valence-electron chi connectivity index (χ1n) is 5.08. The highest BCUT2D eigenvalue weighted by atomic mass is 16.5. The lowest BCUT2D eigenvalue weighted by molar-refractivity contribution is 0.283. The Balaban J connectivity index is 2.19. The summed E-state index contributed by atoms with van der Waals surface area (Å²) in [6.07, 6.45) is 3.24. The van der Waals surface area contributed by atoms with Crippen LogP contribution in [0.1, 0.15) is 11.3 Å². The zero-order chi connectivity index (χ0) is 13.1. The third-order valence-corrected chi connectivity index (χ3v) is 2.23. The highest BCUT2D eigenvalue weighted by molar-refractivity contribution is 5.22. The number of hydrogen-bond donors (Lipinski definition) is 1. The van der Waals surface area contributed by atoms with Gasteiger partial charge in [-0.05, 0) is 6.92 Å². The molecule has 0 saturated heterocycles. The normalized spacial score (nSPS) is 10.3. The Hall–Kier alpha value is -2.50. The van der Waals surface area contributed by atoms with E-state index in [9.17, 15) is 9.59 Å². The predicted octanol–water partition coefficient (Wildman–Crippen LogP) is 1.19. The van der Waals surface area contributed by atoms with Crippen molar-refractivity contribution in [3.8, 4) is 11.5 Å². The fraction of sp³-hybridized carbons (Fsp3) is 0.167. The minimum absolute atomic E-state index is 0.0108. The lowest BCUT2D eigenvalue weighted by Crippen LogP contribution is -2.13. The summed E-state index contributed by atoms with van der Waals surface area (Å²) >= 11 is 0. The topological polar surface area (TPSA) is 89.9 Å². The summed E-state index contributed by atoms with van der Waals surface area (Å²) in [4.78, 5) is 22.9. The van der Waals surface area contributed by atoms with Crippen LogP contribution in [0.15, 0.2) is 43.3 Å². The van der Waals surface area contributed by atoms with E-state index in [1.54, 1.807) is 6.92 Å². The zero-order valence-electron chi connectivity index (χ0n) is 9.50. The number of hydrogen-bond acceptors (Lipinski definition) is 6. The molecule has 2 aromatic rings. The van der Waals surface area contributed by atoms with Crippen molar-refractivity contribution in [2.45, 2.75) is 13.5 Å². The molecule has 2 heterocycles. The Morgan fingerprint density at radius 1 is 1.28 bits per heavy atom. The molecule has 0 bridgehead atoms. The van der Waals surface area contributed by atoms with Gasteiger partial charge in [0, 0.05) is 6.07 Å². The molecule has 0 fully saturated rings. The molecule has 0 amide bonds. The average molecular weight is 250 g/mol. The summed E-state index contributed by atoms with van der Waals surface area (Å²) in [5.74, 6) is -0.0559. The summed E-state index contributed by atoms with van der Waals surface area (Å²) in [5.41, 5.74) is -0.837. The largest absolute Gasteiger partial charge is 0.502 e. The quantitative estimate of drug-likeness (QED) is 0.879. The minimum atomic E-state index is -0.599. The molecule has 2 aromatic heterocycles.